The molecule has 2 amide bonds. The summed E-state index contributed by atoms with van der Waals surface area (Å²) in [6.45, 7) is 10.2. The van der Waals surface area contributed by atoms with Crippen molar-refractivity contribution in [1.82, 2.24) is 9.80 Å². The minimum atomic E-state index is -0.310. The Morgan fingerprint density at radius 2 is 1.45 bits per heavy atom. The average molecular weight is 450 g/mol. The molecule has 0 bridgehead atoms. The molecule has 1 saturated heterocycles. The Labute approximate surface area is 195 Å². The van der Waals surface area contributed by atoms with Crippen LogP contribution in [0.5, 0.6) is 11.5 Å². The van der Waals surface area contributed by atoms with Gasteiger partial charge in [-0.05, 0) is 62.4 Å². The Kier molecular flexibility index (Phi) is 6.70. The first-order valence-corrected chi connectivity index (χ1v) is 11.4. The predicted molar refractivity (Wildman–Crippen MR) is 128 cm³/mol. The van der Waals surface area contributed by atoms with E-state index in [9.17, 15) is 9.59 Å². The third-order valence-corrected chi connectivity index (χ3v) is 6.04. The highest BCUT2D eigenvalue weighted by Gasteiger charge is 2.43. The van der Waals surface area contributed by atoms with Crippen LogP contribution in [0.15, 0.2) is 54.2 Å². The smallest absolute Gasteiger partial charge is 0.282 e. The van der Waals surface area contributed by atoms with Gasteiger partial charge in [-0.25, -0.2) is 4.90 Å². The molecule has 0 spiro atoms. The molecule has 0 N–H and O–H groups in total. The molecule has 7 heteroatoms. The van der Waals surface area contributed by atoms with Crippen LogP contribution in [0.25, 0.3) is 5.57 Å². The van der Waals surface area contributed by atoms with Crippen molar-refractivity contribution in [1.29, 1.82) is 0 Å². The second-order valence-corrected chi connectivity index (χ2v) is 8.48. The maximum absolute atomic E-state index is 13.7. The number of nitrogens with zero attached hydrogens (tertiary/aromatic N) is 3. The molecule has 0 radical (unpaired) electrons. The van der Waals surface area contributed by atoms with Gasteiger partial charge in [0, 0.05) is 26.2 Å². The van der Waals surface area contributed by atoms with Crippen LogP contribution in [0.2, 0.25) is 0 Å². The van der Waals surface area contributed by atoms with E-state index in [-0.39, 0.29) is 17.9 Å². The van der Waals surface area contributed by atoms with Crippen molar-refractivity contribution in [3.8, 4) is 11.5 Å². The van der Waals surface area contributed by atoms with Gasteiger partial charge in [-0.3, -0.25) is 9.59 Å². The summed E-state index contributed by atoms with van der Waals surface area (Å²) in [7, 11) is 1.60. The molecule has 2 aliphatic heterocycles. The number of methoxy groups -OCH3 is 1. The normalized spacial score (nSPS) is 17.4. The summed E-state index contributed by atoms with van der Waals surface area (Å²) in [5.41, 5.74) is 2.16. The highest BCUT2D eigenvalue weighted by Crippen LogP contribution is 2.36. The van der Waals surface area contributed by atoms with Gasteiger partial charge in [0.25, 0.3) is 11.8 Å². The van der Waals surface area contributed by atoms with Gasteiger partial charge >= 0.3 is 0 Å². The molecule has 33 heavy (non-hydrogen) atoms. The molecule has 2 aromatic carbocycles. The van der Waals surface area contributed by atoms with Crippen LogP contribution in [-0.2, 0) is 9.59 Å². The third kappa shape index (κ3) is 4.59. The molecule has 0 saturated carbocycles. The van der Waals surface area contributed by atoms with Crippen LogP contribution in [-0.4, -0.2) is 67.6 Å². The van der Waals surface area contributed by atoms with Gasteiger partial charge in [0.1, 0.15) is 17.2 Å². The maximum Gasteiger partial charge on any atom is 0.282 e. The number of ether oxygens (including phenoxy) is 2. The van der Waals surface area contributed by atoms with Crippen molar-refractivity contribution < 1.29 is 19.1 Å². The SMILES string of the molecule is CCN1CCN(C2=C(c3ccc(OC)cc3)C(=O)N(c3ccc(OC(C)C)cc3)C2=O)CC1. The highest BCUT2D eigenvalue weighted by molar-refractivity contribution is 6.45. The van der Waals surface area contributed by atoms with E-state index in [0.29, 0.717) is 47.1 Å². The number of benzene rings is 2. The average Bonchev–Trinajstić information content (AvgIpc) is 3.09. The van der Waals surface area contributed by atoms with E-state index in [1.807, 2.05) is 38.1 Å². The Bertz CT molecular complexity index is 1040. The van der Waals surface area contributed by atoms with Crippen molar-refractivity contribution in [2.75, 3.05) is 44.7 Å². The van der Waals surface area contributed by atoms with E-state index >= 15 is 0 Å². The van der Waals surface area contributed by atoms with Crippen LogP contribution in [0, 0.1) is 0 Å². The lowest BCUT2D eigenvalue weighted by atomic mass is 10.0. The Morgan fingerprint density at radius 1 is 0.848 bits per heavy atom. The number of likely N-dealkylation sites (N-methyl/N-ethyl adjacent to an activating group) is 1. The number of anilines is 1. The number of amides is 2. The van der Waals surface area contributed by atoms with Gasteiger partial charge in [0.05, 0.1) is 24.5 Å². The van der Waals surface area contributed by atoms with E-state index in [1.54, 1.807) is 31.4 Å². The van der Waals surface area contributed by atoms with Gasteiger partial charge < -0.3 is 19.3 Å². The van der Waals surface area contributed by atoms with E-state index in [1.165, 1.54) is 4.90 Å². The van der Waals surface area contributed by atoms with Crippen LogP contribution in [0.3, 0.4) is 0 Å². The van der Waals surface area contributed by atoms with Crippen LogP contribution in [0.4, 0.5) is 5.69 Å². The molecule has 1 fully saturated rings. The number of carbonyl (C=O) groups is 2. The van der Waals surface area contributed by atoms with Gasteiger partial charge in [-0.15, -0.1) is 0 Å². The van der Waals surface area contributed by atoms with Crippen LogP contribution >= 0.6 is 0 Å². The largest absolute Gasteiger partial charge is 0.497 e. The molecule has 4 rings (SSSR count). The second-order valence-electron chi connectivity index (χ2n) is 8.48. The second kappa shape index (κ2) is 9.67. The summed E-state index contributed by atoms with van der Waals surface area (Å²) in [6.07, 6.45) is 0.0441. The Morgan fingerprint density at radius 3 is 2.00 bits per heavy atom. The zero-order valence-electron chi connectivity index (χ0n) is 19.7. The number of imide groups is 1. The third-order valence-electron chi connectivity index (χ3n) is 6.04. The monoisotopic (exact) mass is 449 g/mol. The fraction of sp³-hybridized carbons (Fsp3) is 0.385. The number of piperazine rings is 1. The van der Waals surface area contributed by atoms with Crippen molar-refractivity contribution in [3.05, 3.63) is 59.8 Å². The van der Waals surface area contributed by atoms with Crippen molar-refractivity contribution in [2.24, 2.45) is 0 Å². The topological polar surface area (TPSA) is 62.3 Å². The fourth-order valence-corrected chi connectivity index (χ4v) is 4.30. The zero-order valence-corrected chi connectivity index (χ0v) is 19.7. The van der Waals surface area contributed by atoms with Crippen LogP contribution < -0.4 is 14.4 Å². The molecular formula is C26H31N3O4. The summed E-state index contributed by atoms with van der Waals surface area (Å²) in [6, 6.07) is 14.4. The molecule has 2 aliphatic rings. The molecule has 0 unspecified atom stereocenters. The van der Waals surface area contributed by atoms with Gasteiger partial charge in [0.15, 0.2) is 0 Å². The molecule has 7 nitrogen and oxygen atoms in total. The van der Waals surface area contributed by atoms with Gasteiger partial charge in [-0.2, -0.15) is 0 Å². The lowest BCUT2D eigenvalue weighted by molar-refractivity contribution is -0.120. The minimum Gasteiger partial charge on any atom is -0.497 e. The summed E-state index contributed by atoms with van der Waals surface area (Å²) >= 11 is 0. The van der Waals surface area contributed by atoms with E-state index in [0.717, 1.165) is 19.6 Å². The first-order chi connectivity index (χ1) is 15.9. The molecule has 2 aromatic rings. The standard InChI is InChI=1S/C26H31N3O4/c1-5-27-14-16-28(17-15-27)24-23(19-6-10-21(32-4)11-7-19)25(30)29(26(24)31)20-8-12-22(13-9-20)33-18(2)3/h6-13,18H,5,14-17H2,1-4H3. The Balaban J connectivity index is 1.70. The highest BCUT2D eigenvalue weighted by atomic mass is 16.5. The first-order valence-electron chi connectivity index (χ1n) is 11.4. The zero-order chi connectivity index (χ0) is 23.5. The number of carbonyl (C=O) groups excluding carboxylic acids is 2. The van der Waals surface area contributed by atoms with Crippen molar-refractivity contribution >= 4 is 23.1 Å². The lowest BCUT2D eigenvalue weighted by Crippen LogP contribution is -2.47. The summed E-state index contributed by atoms with van der Waals surface area (Å²) in [5, 5.41) is 0. The lowest BCUT2D eigenvalue weighted by Gasteiger charge is -2.36. The quantitative estimate of drug-likeness (QED) is 0.604. The molecule has 2 heterocycles. The molecule has 0 atom stereocenters. The number of hydrogen-bond donors (Lipinski definition) is 0. The van der Waals surface area contributed by atoms with Crippen LogP contribution in [0.1, 0.15) is 26.3 Å². The molecule has 0 aromatic heterocycles. The van der Waals surface area contributed by atoms with Gasteiger partial charge in [-0.1, -0.05) is 19.1 Å². The molecule has 174 valence electrons. The van der Waals surface area contributed by atoms with Crippen molar-refractivity contribution in [3.63, 3.8) is 0 Å². The molecular weight excluding hydrogens is 418 g/mol. The van der Waals surface area contributed by atoms with E-state index in [2.05, 4.69) is 16.7 Å². The summed E-state index contributed by atoms with van der Waals surface area (Å²) < 4.78 is 11.0. The van der Waals surface area contributed by atoms with E-state index < -0.39 is 0 Å². The van der Waals surface area contributed by atoms with E-state index in [4.69, 9.17) is 9.47 Å². The molecule has 0 aliphatic carbocycles. The first kappa shape index (κ1) is 22.9. The predicted octanol–water partition coefficient (Wildman–Crippen LogP) is 3.40. The fourth-order valence-electron chi connectivity index (χ4n) is 4.30. The Hall–Kier alpha value is -3.32. The summed E-state index contributed by atoms with van der Waals surface area (Å²) in [5.74, 6) is 0.808. The summed E-state index contributed by atoms with van der Waals surface area (Å²) in [4.78, 5) is 33.0. The van der Waals surface area contributed by atoms with Gasteiger partial charge in [0.2, 0.25) is 0 Å². The minimum absolute atomic E-state index is 0.0441. The number of hydrogen-bond acceptors (Lipinski definition) is 6. The maximum atomic E-state index is 13.7. The van der Waals surface area contributed by atoms with Crippen molar-refractivity contribution in [2.45, 2.75) is 26.9 Å². The number of rotatable bonds is 7.